The molecule has 23 heteroatoms. The number of carbonyl (C=O) groups is 2. The van der Waals surface area contributed by atoms with E-state index in [1.165, 1.54) is 28.5 Å². The molecule has 0 unspecified atom stereocenters. The lowest BCUT2D eigenvalue weighted by Gasteiger charge is -2.29. The Morgan fingerprint density at radius 2 is 1.77 bits per heavy atom. The van der Waals surface area contributed by atoms with Crippen molar-refractivity contribution in [2.75, 3.05) is 60.7 Å². The van der Waals surface area contributed by atoms with Crippen LogP contribution in [0, 0.1) is 0 Å². The van der Waals surface area contributed by atoms with Crippen molar-refractivity contribution < 1.29 is 39.9 Å². The molecule has 8 rings (SSSR count). The highest BCUT2D eigenvalue weighted by Crippen LogP contribution is 2.38. The molecule has 6 aromatic rings. The molecule has 0 spiro atoms. The first-order valence-corrected chi connectivity index (χ1v) is 25.8. The van der Waals surface area contributed by atoms with Crippen LogP contribution >= 0.6 is 46.0 Å². The van der Waals surface area contributed by atoms with Crippen molar-refractivity contribution in [3.05, 3.63) is 113 Å². The Kier molecular flexibility index (Phi) is 13.8. The van der Waals surface area contributed by atoms with E-state index in [1.54, 1.807) is 24.5 Å². The van der Waals surface area contributed by atoms with Crippen molar-refractivity contribution in [1.29, 1.82) is 0 Å². The van der Waals surface area contributed by atoms with Crippen molar-refractivity contribution >= 4 is 104 Å². The number of carbonyl (C=O) groups excluding carboxylic acids is 2. The Morgan fingerprint density at radius 1 is 0.969 bits per heavy atom. The van der Waals surface area contributed by atoms with Crippen molar-refractivity contribution in [1.82, 2.24) is 24.6 Å². The molecule has 0 aliphatic carbocycles. The number of alkyl halides is 3. The highest BCUT2D eigenvalue weighted by atomic mass is 35.5. The van der Waals surface area contributed by atoms with Gasteiger partial charge in [-0.05, 0) is 78.0 Å². The minimum atomic E-state index is -5.67. The van der Waals surface area contributed by atoms with Crippen molar-refractivity contribution in [2.45, 2.75) is 44.8 Å². The molecular weight excluding hydrogens is 950 g/mol. The molecule has 0 bridgehead atoms. The fourth-order valence-corrected chi connectivity index (χ4v) is 12.0. The van der Waals surface area contributed by atoms with Crippen molar-refractivity contribution in [3.63, 3.8) is 0 Å². The highest BCUT2D eigenvalue weighted by Gasteiger charge is 2.46. The average Bonchev–Trinajstić information content (AvgIpc) is 3.95. The van der Waals surface area contributed by atoms with Crippen LogP contribution in [-0.2, 0) is 37.6 Å². The van der Waals surface area contributed by atoms with E-state index in [2.05, 4.69) is 30.5 Å². The van der Waals surface area contributed by atoms with Gasteiger partial charge in [0.25, 0.3) is 31.7 Å². The van der Waals surface area contributed by atoms with Gasteiger partial charge in [-0.3, -0.25) is 24.8 Å². The number of hydrogen-bond donors (Lipinski definition) is 3. The summed E-state index contributed by atoms with van der Waals surface area (Å²) in [5.74, 6) is -1.09. The van der Waals surface area contributed by atoms with Crippen LogP contribution in [0.15, 0.2) is 105 Å². The smallest absolute Gasteiger partial charge is 0.380 e. The van der Waals surface area contributed by atoms with E-state index in [0.29, 0.717) is 85.4 Å². The molecule has 1 fully saturated rings. The van der Waals surface area contributed by atoms with Crippen LogP contribution in [0.2, 0.25) is 0 Å². The fraction of sp³-hybridized carbons (Fsp3) is 0.293. The Balaban J connectivity index is 0.984. The first-order valence-electron chi connectivity index (χ1n) is 19.7. The summed E-state index contributed by atoms with van der Waals surface area (Å²) < 4.78 is 86.6. The molecule has 5 heterocycles. The van der Waals surface area contributed by atoms with Crippen LogP contribution in [0.4, 0.5) is 24.7 Å². The maximum absolute atomic E-state index is 14.6. The second-order valence-electron chi connectivity index (χ2n) is 14.7. The van der Waals surface area contributed by atoms with E-state index in [4.69, 9.17) is 16.3 Å². The molecule has 64 heavy (non-hydrogen) atoms. The molecule has 2 aliphatic rings. The zero-order valence-electron chi connectivity index (χ0n) is 33.6. The van der Waals surface area contributed by atoms with Gasteiger partial charge in [-0.2, -0.15) is 8.78 Å². The molecule has 2 aliphatic heterocycles. The number of benzene rings is 3. The van der Waals surface area contributed by atoms with Crippen LogP contribution in [0.3, 0.4) is 0 Å². The Morgan fingerprint density at radius 3 is 2.53 bits per heavy atom. The van der Waals surface area contributed by atoms with Gasteiger partial charge in [-0.25, -0.2) is 31.5 Å². The third-order valence-corrected chi connectivity index (χ3v) is 17.0. The van der Waals surface area contributed by atoms with Crippen LogP contribution in [0.5, 0.6) is 0 Å². The predicted octanol–water partition coefficient (Wildman–Crippen LogP) is 6.94. The molecular formula is C41H39ClF2N8O7S5. The van der Waals surface area contributed by atoms with E-state index < -0.39 is 46.3 Å². The number of nitrogens with one attached hydrogen (secondary N) is 3. The van der Waals surface area contributed by atoms with Gasteiger partial charge in [0.15, 0.2) is 10.3 Å². The zero-order chi connectivity index (χ0) is 45.1. The minimum Gasteiger partial charge on any atom is -0.380 e. The van der Waals surface area contributed by atoms with E-state index >= 15 is 0 Å². The predicted molar refractivity (Wildman–Crippen MR) is 244 cm³/mol. The van der Waals surface area contributed by atoms with Gasteiger partial charge >= 0.3 is 4.71 Å². The van der Waals surface area contributed by atoms with Gasteiger partial charge in [-0.15, -0.1) is 23.1 Å². The van der Waals surface area contributed by atoms with Gasteiger partial charge < -0.3 is 15.0 Å². The average molecular weight is 990 g/mol. The van der Waals surface area contributed by atoms with Crippen LogP contribution in [0.1, 0.15) is 38.4 Å². The summed E-state index contributed by atoms with van der Waals surface area (Å²) >= 11 is 9.02. The number of fused-ring (bicyclic) bond motifs is 2. The maximum Gasteiger partial charge on any atom is 0.427 e. The fourth-order valence-electron chi connectivity index (χ4n) is 7.13. The number of nitrogens with zero attached hydrogens (tertiary/aromatic N) is 5. The van der Waals surface area contributed by atoms with Crippen LogP contribution < -0.4 is 20.3 Å². The Bertz CT molecular complexity index is 2860. The lowest BCUT2D eigenvalue weighted by Crippen LogP contribution is -2.39. The first kappa shape index (κ1) is 45.7. The molecule has 1 saturated heterocycles. The lowest BCUT2D eigenvalue weighted by atomic mass is 9.94. The molecule has 15 nitrogen and oxygen atoms in total. The molecule has 3 N–H and O–H groups in total. The number of amides is 2. The second-order valence-corrected chi connectivity index (χ2v) is 22.0. The number of halogens is 3. The van der Waals surface area contributed by atoms with Gasteiger partial charge in [-0.1, -0.05) is 41.7 Å². The largest absolute Gasteiger partial charge is 0.427 e. The molecule has 2 amide bonds. The molecule has 3 aromatic carbocycles. The van der Waals surface area contributed by atoms with E-state index in [1.807, 2.05) is 52.1 Å². The quantitative estimate of drug-likeness (QED) is 0.0667. The summed E-state index contributed by atoms with van der Waals surface area (Å²) in [6.45, 7) is 3.83. The van der Waals surface area contributed by atoms with Crippen molar-refractivity contribution in [3.8, 4) is 0 Å². The topological polar surface area (TPSA) is 193 Å². The maximum atomic E-state index is 14.6. The summed E-state index contributed by atoms with van der Waals surface area (Å²) in [6, 6.07) is 18.9. The Labute approximate surface area is 384 Å². The van der Waals surface area contributed by atoms with Gasteiger partial charge in [0.05, 0.1) is 39.6 Å². The summed E-state index contributed by atoms with van der Waals surface area (Å²) in [5, 5.41) is 8.11. The van der Waals surface area contributed by atoms with Crippen LogP contribution in [-0.4, -0.2) is 104 Å². The summed E-state index contributed by atoms with van der Waals surface area (Å²) in [7, 11) is -10.5. The first-order chi connectivity index (χ1) is 30.6. The number of aromatic nitrogens is 3. The minimum absolute atomic E-state index is 0.261. The monoisotopic (exact) mass is 988 g/mol. The van der Waals surface area contributed by atoms with Gasteiger partial charge in [0, 0.05) is 66.6 Å². The number of morpholine rings is 1. The van der Waals surface area contributed by atoms with E-state index in [0.717, 1.165) is 44.2 Å². The number of rotatable bonds is 16. The van der Waals surface area contributed by atoms with Crippen LogP contribution in [0.25, 0.3) is 10.2 Å². The SMILES string of the molecule is O=C(NS(=O)(=O)c1ccc(N[C@H](CCN2CCOCC2)CSc2ccccc2)c(S(=O)(=O)C(F)(F)Cl)c1)c1csc(N2CCc3cccc(C(=O)Nc4nc5cnccc5s4)c3C2)n1. The second kappa shape index (κ2) is 19.3. The van der Waals surface area contributed by atoms with E-state index in [9.17, 15) is 35.2 Å². The molecule has 0 radical (unpaired) electrons. The number of anilines is 3. The number of thioether (sulfide) groups is 1. The number of thiazole rings is 2. The molecule has 0 saturated carbocycles. The number of pyridine rings is 1. The number of sulfonamides is 1. The highest BCUT2D eigenvalue weighted by molar-refractivity contribution is 7.99. The Hall–Kier alpha value is -4.81. The molecule has 1 atom stereocenters. The lowest BCUT2D eigenvalue weighted by molar-refractivity contribution is 0.0370. The summed E-state index contributed by atoms with van der Waals surface area (Å²) in [6.07, 6.45) is 4.29. The van der Waals surface area contributed by atoms with Crippen molar-refractivity contribution in [2.24, 2.45) is 0 Å². The van der Waals surface area contributed by atoms with Gasteiger partial charge in [0.1, 0.15) is 11.2 Å². The third-order valence-electron chi connectivity index (χ3n) is 10.5. The standard InChI is InChI=1S/C41H39ClF2N8O7S5/c42-41(43,44)63(55,56)36-21-29(9-10-32(36)46-27(13-15-51-17-19-59-20-18-51)24-60-28-6-2-1-3-7-28)64(57,58)50-38(54)34-25-61-40(48-34)52-16-12-26-5-4-8-30(31(26)23-52)37(53)49-39-47-33-22-45-14-11-35(33)62-39/h1-11,14,21-22,25,27,46H,12-13,15-20,23-24H2,(H,50,54)(H,47,49,53)/t27-/m1/s1. The number of sulfone groups is 1. The third kappa shape index (κ3) is 10.5. The summed E-state index contributed by atoms with van der Waals surface area (Å²) in [5.41, 5.74) is 2.26. The van der Waals surface area contributed by atoms with E-state index in [-0.39, 0.29) is 23.8 Å². The number of ether oxygens (including phenoxy) is 1. The normalized spacial score (nSPS) is 15.4. The zero-order valence-corrected chi connectivity index (χ0v) is 38.4. The van der Waals surface area contributed by atoms with Gasteiger partial charge in [0.2, 0.25) is 0 Å². The number of hydrogen-bond acceptors (Lipinski definition) is 16. The summed E-state index contributed by atoms with van der Waals surface area (Å²) in [4.78, 5) is 43.0. The molecule has 336 valence electrons. The molecule has 3 aromatic heterocycles.